The number of carboxylic acids is 1. The summed E-state index contributed by atoms with van der Waals surface area (Å²) >= 11 is 0. The molecule has 0 spiro atoms. The second-order valence-electron chi connectivity index (χ2n) is 2.38. The zero-order valence-corrected chi connectivity index (χ0v) is 7.14. The van der Waals surface area contributed by atoms with E-state index in [0.29, 0.717) is 6.07 Å². The average Bonchev–Trinajstić information content (AvgIpc) is 2.34. The molecule has 0 aliphatic heterocycles. The minimum absolute atomic E-state index is 0.185. The van der Waals surface area contributed by atoms with Crippen LogP contribution in [0, 0.1) is 11.6 Å². The summed E-state index contributed by atoms with van der Waals surface area (Å²) in [7, 11) is 0. The van der Waals surface area contributed by atoms with Crippen molar-refractivity contribution in [3.8, 4) is 5.75 Å². The normalized spacial score (nSPS) is 20.4. The molecule has 15 heavy (non-hydrogen) atoms. The van der Waals surface area contributed by atoms with Gasteiger partial charge in [-0.05, 0) is 6.37 Å². The van der Waals surface area contributed by atoms with E-state index in [1.54, 1.807) is 0 Å². The zero-order chi connectivity index (χ0) is 18.2. The van der Waals surface area contributed by atoms with E-state index in [9.17, 15) is 13.6 Å². The lowest BCUT2D eigenvalue weighted by atomic mass is 10.1. The lowest BCUT2D eigenvalue weighted by Crippen LogP contribution is -2.11. The molecule has 1 aromatic rings. The Balaban J connectivity index is 3.53. The number of carbonyl (C=O) groups is 1. The van der Waals surface area contributed by atoms with Crippen LogP contribution in [0.3, 0.4) is 0 Å². The van der Waals surface area contributed by atoms with E-state index in [2.05, 4.69) is 9.85 Å². The standard InChI is InChI=1S/C10H10F2O3/c1-2-7-8(12)3-6(11)4-9(7)15-5-10(13)14/h3-4H,2,5H2,1H3,(H,13,14)/i1D3,2D2,5D2/hD. The molecule has 0 unspecified atom stereocenters. The number of carboxylic acid groups (broad SMARTS) is 1. The van der Waals surface area contributed by atoms with E-state index >= 15 is 0 Å². The average molecular weight is 224 g/mol. The maximum Gasteiger partial charge on any atom is 0.341 e. The number of rotatable bonds is 4. The number of aliphatic carboxylic acids is 1. The van der Waals surface area contributed by atoms with Gasteiger partial charge in [0.15, 0.2) is 6.56 Å². The molecular weight excluding hydrogens is 206 g/mol. The number of halogens is 2. The van der Waals surface area contributed by atoms with Gasteiger partial charge in [0.05, 0.1) is 2.74 Å². The smallest absolute Gasteiger partial charge is 0.341 e. The Morgan fingerprint density at radius 2 is 2.53 bits per heavy atom. The summed E-state index contributed by atoms with van der Waals surface area (Å²) in [6.45, 7) is -6.80. The van der Waals surface area contributed by atoms with Crippen LogP contribution >= 0.6 is 0 Å². The highest BCUT2D eigenvalue weighted by atomic mass is 19.1. The number of hydrogen-bond donors (Lipinski definition) is 1. The van der Waals surface area contributed by atoms with Crippen molar-refractivity contribution in [2.45, 2.75) is 13.2 Å². The molecule has 0 aliphatic carbocycles. The van der Waals surface area contributed by atoms with Gasteiger partial charge in [-0.3, -0.25) is 0 Å². The maximum absolute atomic E-state index is 13.9. The third-order valence-corrected chi connectivity index (χ3v) is 1.39. The first-order valence-corrected chi connectivity index (χ1v) is 3.60. The largest absolute Gasteiger partial charge is 0.481 e. The topological polar surface area (TPSA) is 46.5 Å². The molecule has 82 valence electrons. The quantitative estimate of drug-likeness (QED) is 0.850. The summed E-state index contributed by atoms with van der Waals surface area (Å²) in [5.74, 6) is -6.03. The van der Waals surface area contributed by atoms with Crippen molar-refractivity contribution in [3.63, 3.8) is 0 Å². The Labute approximate surface area is 96.6 Å². The van der Waals surface area contributed by atoms with Gasteiger partial charge in [-0.15, -0.1) is 0 Å². The van der Waals surface area contributed by atoms with Crippen LogP contribution in [0.2, 0.25) is 0 Å². The van der Waals surface area contributed by atoms with Crippen molar-refractivity contribution in [1.82, 2.24) is 0 Å². The first-order chi connectivity index (χ1) is 10.2. The molecule has 0 amide bonds. The zero-order valence-electron chi connectivity index (χ0n) is 15.1. The van der Waals surface area contributed by atoms with Crippen molar-refractivity contribution >= 4 is 5.97 Å². The summed E-state index contributed by atoms with van der Waals surface area (Å²) in [6.07, 6.45) is -3.37. The van der Waals surface area contributed by atoms with Gasteiger partial charge in [-0.2, -0.15) is 0 Å². The van der Waals surface area contributed by atoms with Crippen LogP contribution in [-0.2, 0) is 11.2 Å². The Hall–Kier alpha value is -1.65. The Morgan fingerprint density at radius 3 is 3.20 bits per heavy atom. The van der Waals surface area contributed by atoms with Gasteiger partial charge in [0.1, 0.15) is 17.4 Å². The summed E-state index contributed by atoms with van der Waals surface area (Å²) in [6, 6.07) is 0.501. The highest BCUT2D eigenvalue weighted by Crippen LogP contribution is 2.23. The lowest BCUT2D eigenvalue weighted by Gasteiger charge is -2.09. The Bertz CT molecular complexity index is 617. The second-order valence-corrected chi connectivity index (χ2v) is 2.38. The highest BCUT2D eigenvalue weighted by molar-refractivity contribution is 5.68. The summed E-state index contributed by atoms with van der Waals surface area (Å²) in [5, 5.41) is 3.36. The molecule has 1 aromatic carbocycles. The molecule has 1 N–H and O–H groups in total. The summed E-state index contributed by atoms with van der Waals surface area (Å²) in [5.41, 5.74) is -1.29. The van der Waals surface area contributed by atoms with E-state index in [1.807, 2.05) is 0 Å². The molecule has 0 fully saturated rings. The number of benzene rings is 1. The molecule has 3 nitrogen and oxygen atoms in total. The lowest BCUT2D eigenvalue weighted by molar-refractivity contribution is -0.139. The van der Waals surface area contributed by atoms with Gasteiger partial charge in [0, 0.05) is 24.5 Å². The molecule has 0 atom stereocenters. The molecule has 0 heterocycles. The minimum Gasteiger partial charge on any atom is -0.481 e. The van der Waals surface area contributed by atoms with Gasteiger partial charge in [-0.1, -0.05) is 6.85 Å². The number of hydrogen-bond acceptors (Lipinski definition) is 3. The van der Waals surface area contributed by atoms with E-state index < -0.39 is 48.7 Å². The van der Waals surface area contributed by atoms with Gasteiger partial charge >= 0.3 is 5.97 Å². The maximum atomic E-state index is 13.9. The fraction of sp³-hybridized carbons (Fsp3) is 0.300. The van der Waals surface area contributed by atoms with Gasteiger partial charge < -0.3 is 9.85 Å². The molecule has 0 radical (unpaired) electrons. The van der Waals surface area contributed by atoms with E-state index in [-0.39, 0.29) is 6.07 Å². The van der Waals surface area contributed by atoms with Crippen LogP contribution in [0.1, 0.15) is 22.0 Å². The predicted molar refractivity (Wildman–Crippen MR) is 48.9 cm³/mol. The molecular formula is C10H10F2O3. The van der Waals surface area contributed by atoms with Gasteiger partial charge in [0.2, 0.25) is 0 Å². The summed E-state index contributed by atoms with van der Waals surface area (Å²) < 4.78 is 88.7. The van der Waals surface area contributed by atoms with Crippen molar-refractivity contribution in [2.24, 2.45) is 0 Å². The molecule has 5 heteroatoms. The van der Waals surface area contributed by atoms with Crippen LogP contribution in [0.4, 0.5) is 8.78 Å². The first-order valence-electron chi connectivity index (χ1n) is 7.51. The van der Waals surface area contributed by atoms with Crippen LogP contribution in [0.15, 0.2) is 12.1 Å². The van der Waals surface area contributed by atoms with Gasteiger partial charge in [0.25, 0.3) is 1.43 Å². The third kappa shape index (κ3) is 2.90. The molecule has 0 aliphatic rings. The molecule has 0 aromatic heterocycles. The van der Waals surface area contributed by atoms with Crippen molar-refractivity contribution in [3.05, 3.63) is 29.3 Å². The first kappa shape index (κ1) is 4.47. The van der Waals surface area contributed by atoms with Crippen LogP contribution in [-0.4, -0.2) is 17.6 Å². The van der Waals surface area contributed by atoms with Crippen LogP contribution in [0.25, 0.3) is 1.43 Å². The van der Waals surface area contributed by atoms with Crippen molar-refractivity contribution in [1.29, 1.82) is 1.43 Å². The van der Waals surface area contributed by atoms with Crippen molar-refractivity contribution < 1.29 is 33.0 Å². The van der Waals surface area contributed by atoms with E-state index in [0.717, 1.165) is 0 Å². The Morgan fingerprint density at radius 1 is 1.73 bits per heavy atom. The predicted octanol–water partition coefficient (Wildman–Crippen LogP) is 1.99. The van der Waals surface area contributed by atoms with E-state index in [4.69, 9.17) is 11.0 Å². The molecule has 1 rings (SSSR count). The fourth-order valence-corrected chi connectivity index (χ4v) is 0.848. The minimum atomic E-state index is -3.40. The van der Waals surface area contributed by atoms with Crippen molar-refractivity contribution in [2.75, 3.05) is 6.56 Å². The monoisotopic (exact) mass is 224 g/mol. The van der Waals surface area contributed by atoms with E-state index in [1.165, 1.54) is 0 Å². The third-order valence-electron chi connectivity index (χ3n) is 1.39. The molecule has 0 saturated carbocycles. The van der Waals surface area contributed by atoms with Crippen LogP contribution in [0.5, 0.6) is 5.75 Å². The summed E-state index contributed by atoms with van der Waals surface area (Å²) in [4.78, 5) is 11.1. The highest BCUT2D eigenvalue weighted by Gasteiger charge is 2.11. The second kappa shape index (κ2) is 4.72. The molecule has 0 saturated heterocycles. The van der Waals surface area contributed by atoms with Gasteiger partial charge in [-0.25, -0.2) is 13.6 Å². The SMILES string of the molecule is [2H]OC(=O)C([2H])([2H])Oc1cc(F)cc(F)c1C([2H])([2H])C([2H])([2H])[2H]. The fourth-order valence-electron chi connectivity index (χ4n) is 0.848. The van der Waals surface area contributed by atoms with Crippen LogP contribution < -0.4 is 4.74 Å². The number of ether oxygens (including phenoxy) is 1. The molecule has 0 bridgehead atoms. The Kier molecular flexibility index (Phi) is 1.41.